The molecule has 3 heterocycles. The lowest BCUT2D eigenvalue weighted by atomic mass is 9.90. The summed E-state index contributed by atoms with van der Waals surface area (Å²) in [6.07, 6.45) is -5.04. The van der Waals surface area contributed by atoms with E-state index in [1.807, 2.05) is 24.3 Å². The van der Waals surface area contributed by atoms with Crippen LogP contribution >= 0.6 is 0 Å². The Morgan fingerprint density at radius 1 is 0.451 bits per heavy atom. The zero-order valence-electron chi connectivity index (χ0n) is 50.7. The summed E-state index contributed by atoms with van der Waals surface area (Å²) in [5, 5.41) is 0. The van der Waals surface area contributed by atoms with Crippen LogP contribution < -0.4 is 0 Å². The van der Waals surface area contributed by atoms with Crippen molar-refractivity contribution in [1.82, 2.24) is 19.6 Å². The van der Waals surface area contributed by atoms with Crippen molar-refractivity contribution in [2.24, 2.45) is 11.8 Å². The Morgan fingerprint density at radius 2 is 0.732 bits per heavy atom. The fourth-order valence-corrected chi connectivity index (χ4v) is 10.8. The van der Waals surface area contributed by atoms with Gasteiger partial charge in [-0.3, -0.25) is 19.2 Å². The third kappa shape index (κ3) is 19.0. The largest absolute Gasteiger partial charge is 0.451 e. The molecule has 82 heavy (non-hydrogen) atoms. The van der Waals surface area contributed by atoms with E-state index in [2.05, 4.69) is 0 Å². The smallest absolute Gasteiger partial charge is 0.329 e. The van der Waals surface area contributed by atoms with E-state index in [1.54, 1.807) is 52.0 Å². The minimum absolute atomic E-state index is 0.00402. The topological polar surface area (TPSA) is 205 Å². The van der Waals surface area contributed by atoms with Crippen molar-refractivity contribution >= 4 is 47.5 Å². The van der Waals surface area contributed by atoms with Gasteiger partial charge in [0.15, 0.2) is 24.4 Å². The Morgan fingerprint density at radius 3 is 1.01 bits per heavy atom. The molecule has 0 saturated carbocycles. The van der Waals surface area contributed by atoms with E-state index >= 15 is 8.78 Å². The molecule has 0 N–H and O–H groups in total. The van der Waals surface area contributed by atoms with Crippen LogP contribution in [-0.2, 0) is 79.6 Å². The highest BCUT2D eigenvalue weighted by Crippen LogP contribution is 2.31. The van der Waals surface area contributed by atoms with E-state index in [4.69, 9.17) is 28.4 Å². The van der Waals surface area contributed by atoms with Crippen LogP contribution in [0.3, 0.4) is 0 Å². The zero-order chi connectivity index (χ0) is 61.0. The molecule has 8 atom stereocenters. The highest BCUT2D eigenvalue weighted by Gasteiger charge is 2.45. The van der Waals surface area contributed by atoms with Crippen molar-refractivity contribution in [3.8, 4) is 0 Å². The molecule has 18 nitrogen and oxygen atoms in total. The van der Waals surface area contributed by atoms with E-state index in [1.165, 1.54) is 69.7 Å². The summed E-state index contributed by atoms with van der Waals surface area (Å²) in [5.74, 6) is -8.04. The number of likely N-dealkylation sites (N-methyl/N-ethyl adjacent to an activating group) is 4. The van der Waals surface area contributed by atoms with Crippen molar-refractivity contribution in [3.05, 3.63) is 70.8 Å². The molecule has 1 unspecified atom stereocenters. The molecule has 3 fully saturated rings. The second-order valence-corrected chi connectivity index (χ2v) is 24.6. The Balaban J connectivity index is 1.61. The summed E-state index contributed by atoms with van der Waals surface area (Å²) >= 11 is 0. The van der Waals surface area contributed by atoms with Crippen molar-refractivity contribution in [1.29, 1.82) is 0 Å². The van der Waals surface area contributed by atoms with Gasteiger partial charge in [-0.2, -0.15) is 0 Å². The lowest BCUT2D eigenvalue weighted by Crippen LogP contribution is -2.55. The molecule has 4 amide bonds. The number of carbonyl (C=O) groups is 8. The number of ether oxygens (including phenoxy) is 6. The second kappa shape index (κ2) is 29.5. The van der Waals surface area contributed by atoms with E-state index in [0.717, 1.165) is 56.4 Å². The molecule has 20 heteroatoms. The maximum Gasteiger partial charge on any atom is 0.329 e. The minimum atomic E-state index is -2.11. The third-order valence-electron chi connectivity index (χ3n) is 15.6. The van der Waals surface area contributed by atoms with E-state index in [-0.39, 0.29) is 49.4 Å². The molecular weight excluding hydrogens is 1060 g/mol. The van der Waals surface area contributed by atoms with Gasteiger partial charge in [0.25, 0.3) is 23.6 Å². The summed E-state index contributed by atoms with van der Waals surface area (Å²) in [4.78, 5) is 121. The van der Waals surface area contributed by atoms with Crippen LogP contribution in [-0.4, -0.2) is 182 Å². The standard InChI is InChI=1S/C62H90F2N4O14/c1-37(2)31-47-57(73)79-39(5)53(69)67(13)50(36-62(9,10)64)60(76)82-52(34-42-17-21-44(22-18-42)46-25-29-78-30-26-46)56(72)66(12)48(32-38(3)4)58(74)80-40(6)54(70)68(14)49(35-61(7,8)63)59(75)81-51(55(71)65(47)11)33-41-15-19-43(20-16-41)45-23-27-77-28-24-45/h15-22,37-40,45-52H,23-36H2,1-14H3/t39-,40-,47+,48+,49+,50?,51-,52-/m1/s1. The highest BCUT2D eigenvalue weighted by molar-refractivity contribution is 5.94. The minimum Gasteiger partial charge on any atom is -0.451 e. The monoisotopic (exact) mass is 1150 g/mol. The number of benzene rings is 2. The molecule has 5 rings (SSSR count). The fourth-order valence-electron chi connectivity index (χ4n) is 10.8. The van der Waals surface area contributed by atoms with Crippen LogP contribution in [0.25, 0.3) is 0 Å². The van der Waals surface area contributed by atoms with Gasteiger partial charge >= 0.3 is 23.9 Å². The van der Waals surface area contributed by atoms with Crippen LogP contribution in [0.2, 0.25) is 0 Å². The lowest BCUT2D eigenvalue weighted by molar-refractivity contribution is -0.176. The summed E-state index contributed by atoms with van der Waals surface area (Å²) in [6.45, 7) is 17.0. The third-order valence-corrected chi connectivity index (χ3v) is 15.6. The Labute approximate surface area is 483 Å². The lowest BCUT2D eigenvalue weighted by Gasteiger charge is -2.36. The van der Waals surface area contributed by atoms with Crippen molar-refractivity contribution in [3.63, 3.8) is 0 Å². The number of cyclic esters (lactones) is 4. The van der Waals surface area contributed by atoms with Crippen molar-refractivity contribution in [2.45, 2.75) is 205 Å². The average Bonchev–Trinajstić information content (AvgIpc) is 3.64. The molecule has 2 aromatic carbocycles. The van der Waals surface area contributed by atoms with E-state index in [9.17, 15) is 38.4 Å². The van der Waals surface area contributed by atoms with E-state index < -0.39 is 120 Å². The molecular formula is C62H90F2N4O14. The number of amides is 4. The SMILES string of the molecule is CC(C)C[C@H]1C(=O)O[C@H](C)C(=O)N(C)[C@@H](CC(C)(C)F)C(=O)O[C@H](Cc2ccc(C3CCOCC3)cc2)C(=O)N(C)[C@@H](CC(C)C)C(=O)O[C@H](C)C(=O)N(C)C(CC(C)(C)F)C(=O)O[C@H](Cc2ccc(C3CCOCC3)cc2)C(=O)N1C. The molecule has 0 aromatic heterocycles. The summed E-state index contributed by atoms with van der Waals surface area (Å²) in [6, 6.07) is 8.70. The number of alkyl halides is 2. The molecule has 3 aliphatic rings. The number of rotatable bonds is 14. The number of carbonyl (C=O) groups excluding carboxylic acids is 8. The molecule has 0 spiro atoms. The van der Waals surface area contributed by atoms with Gasteiger partial charge in [0.1, 0.15) is 35.5 Å². The average molecular weight is 1150 g/mol. The normalized spacial score (nSPS) is 26.0. The van der Waals surface area contributed by atoms with Crippen LogP contribution in [0.4, 0.5) is 8.78 Å². The van der Waals surface area contributed by atoms with Gasteiger partial charge in [-0.25, -0.2) is 28.0 Å². The van der Waals surface area contributed by atoms with Crippen molar-refractivity contribution < 1.29 is 75.6 Å². The quantitative estimate of drug-likeness (QED) is 0.132. The first-order chi connectivity index (χ1) is 38.3. The van der Waals surface area contributed by atoms with Crippen LogP contribution in [0.15, 0.2) is 48.5 Å². The molecule has 2 aromatic rings. The van der Waals surface area contributed by atoms with Gasteiger partial charge < -0.3 is 48.0 Å². The molecule has 456 valence electrons. The second-order valence-electron chi connectivity index (χ2n) is 24.6. The summed E-state index contributed by atoms with van der Waals surface area (Å²) in [5.41, 5.74) is -0.981. The first-order valence-corrected chi connectivity index (χ1v) is 28.9. The van der Waals surface area contributed by atoms with Gasteiger partial charge in [0.05, 0.1) is 0 Å². The fraction of sp³-hybridized carbons (Fsp3) is 0.677. The summed E-state index contributed by atoms with van der Waals surface area (Å²) < 4.78 is 66.7. The Kier molecular flexibility index (Phi) is 24.0. The molecule has 0 bridgehead atoms. The number of hydrogen-bond donors (Lipinski definition) is 0. The van der Waals surface area contributed by atoms with Gasteiger partial charge in [-0.1, -0.05) is 76.2 Å². The predicted octanol–water partition coefficient (Wildman–Crippen LogP) is 7.64. The maximum absolute atomic E-state index is 15.9. The summed E-state index contributed by atoms with van der Waals surface area (Å²) in [7, 11) is 5.07. The maximum atomic E-state index is 15.9. The van der Waals surface area contributed by atoms with Crippen LogP contribution in [0.5, 0.6) is 0 Å². The molecule has 0 aliphatic carbocycles. The first kappa shape index (κ1) is 66.8. The van der Waals surface area contributed by atoms with Crippen LogP contribution in [0.1, 0.15) is 155 Å². The predicted molar refractivity (Wildman–Crippen MR) is 301 cm³/mol. The number of esters is 4. The van der Waals surface area contributed by atoms with E-state index in [0.29, 0.717) is 37.6 Å². The van der Waals surface area contributed by atoms with Gasteiger partial charge in [-0.15, -0.1) is 0 Å². The van der Waals surface area contributed by atoms with Gasteiger partial charge in [0, 0.05) is 80.3 Å². The van der Waals surface area contributed by atoms with Gasteiger partial charge in [-0.05, 0) is 126 Å². The zero-order valence-corrected chi connectivity index (χ0v) is 50.7. The number of hydrogen-bond acceptors (Lipinski definition) is 14. The number of halogens is 2. The first-order valence-electron chi connectivity index (χ1n) is 28.9. The Hall–Kier alpha value is -6.02. The van der Waals surface area contributed by atoms with Crippen LogP contribution in [0, 0.1) is 11.8 Å². The molecule has 3 saturated heterocycles. The number of nitrogens with zero attached hydrogens (tertiary/aromatic N) is 4. The highest BCUT2D eigenvalue weighted by atomic mass is 19.1. The Bertz CT molecular complexity index is 2330. The molecule has 0 radical (unpaired) electrons. The molecule has 3 aliphatic heterocycles. The van der Waals surface area contributed by atoms with Gasteiger partial charge in [0.2, 0.25) is 0 Å². The van der Waals surface area contributed by atoms with Crippen molar-refractivity contribution in [2.75, 3.05) is 54.6 Å².